The highest BCUT2D eigenvalue weighted by atomic mass is 19.1. The highest BCUT2D eigenvalue weighted by Crippen LogP contribution is 2.36. The second-order valence-corrected chi connectivity index (χ2v) is 7.85. The minimum absolute atomic E-state index is 0.0195. The normalized spacial score (nSPS) is 12.9. The van der Waals surface area contributed by atoms with Gasteiger partial charge in [-0.1, -0.05) is 30.3 Å². The third-order valence-electron chi connectivity index (χ3n) is 5.29. The van der Waals surface area contributed by atoms with E-state index in [4.69, 9.17) is 10.1 Å². The summed E-state index contributed by atoms with van der Waals surface area (Å²) in [6, 6.07) is 17.0. The van der Waals surface area contributed by atoms with Crippen molar-refractivity contribution >= 4 is 5.97 Å². The number of aliphatic hydroxyl groups is 2. The molecule has 174 valence electrons. The standard InChI is InChI=1S/C25H23FN4O4/c26-18-8-6-16(7-9-18)24-23(21-10-11-27-15-28-21)29-25(17-4-2-1-3-5-17)30(24)14-20(32)12-19(31)13-22(33)34/h1-11,15,19-20,31-32H,12-14H2,(H,33,34). The Morgan fingerprint density at radius 3 is 2.35 bits per heavy atom. The number of aliphatic carboxylic acids is 1. The van der Waals surface area contributed by atoms with E-state index in [1.807, 2.05) is 30.3 Å². The fraction of sp³-hybridized carbons (Fsp3) is 0.200. The number of carbonyl (C=O) groups is 1. The van der Waals surface area contributed by atoms with E-state index in [9.17, 15) is 19.4 Å². The van der Waals surface area contributed by atoms with Crippen molar-refractivity contribution in [2.45, 2.75) is 31.6 Å². The van der Waals surface area contributed by atoms with Crippen LogP contribution in [0.3, 0.4) is 0 Å². The number of halogens is 1. The molecule has 0 bridgehead atoms. The topological polar surface area (TPSA) is 121 Å². The van der Waals surface area contributed by atoms with E-state index in [0.29, 0.717) is 28.5 Å². The monoisotopic (exact) mass is 462 g/mol. The first-order valence-electron chi connectivity index (χ1n) is 10.7. The predicted molar refractivity (Wildman–Crippen MR) is 123 cm³/mol. The van der Waals surface area contributed by atoms with Gasteiger partial charge in [-0.05, 0) is 30.3 Å². The van der Waals surface area contributed by atoms with Crippen molar-refractivity contribution in [1.29, 1.82) is 0 Å². The maximum Gasteiger partial charge on any atom is 0.305 e. The lowest BCUT2D eigenvalue weighted by atomic mass is 10.1. The molecule has 0 fully saturated rings. The fourth-order valence-corrected chi connectivity index (χ4v) is 3.83. The Morgan fingerprint density at radius 2 is 1.71 bits per heavy atom. The van der Waals surface area contributed by atoms with Gasteiger partial charge in [-0.25, -0.2) is 19.3 Å². The molecule has 2 aromatic carbocycles. The highest BCUT2D eigenvalue weighted by molar-refractivity contribution is 5.80. The van der Waals surface area contributed by atoms with Crippen LogP contribution in [0.1, 0.15) is 12.8 Å². The van der Waals surface area contributed by atoms with Crippen molar-refractivity contribution in [3.05, 3.63) is 79.0 Å². The minimum atomic E-state index is -1.20. The molecule has 0 aliphatic carbocycles. The average molecular weight is 462 g/mol. The number of aliphatic hydroxyl groups excluding tert-OH is 2. The molecule has 0 amide bonds. The number of nitrogens with zero attached hydrogens (tertiary/aromatic N) is 4. The first-order chi connectivity index (χ1) is 16.4. The zero-order chi connectivity index (χ0) is 24.1. The third-order valence-corrected chi connectivity index (χ3v) is 5.29. The molecule has 0 aliphatic rings. The van der Waals surface area contributed by atoms with Gasteiger partial charge < -0.3 is 19.9 Å². The summed E-state index contributed by atoms with van der Waals surface area (Å²) in [7, 11) is 0. The van der Waals surface area contributed by atoms with Crippen molar-refractivity contribution in [2.75, 3.05) is 0 Å². The van der Waals surface area contributed by atoms with Gasteiger partial charge >= 0.3 is 5.97 Å². The van der Waals surface area contributed by atoms with Crippen LogP contribution >= 0.6 is 0 Å². The molecule has 0 spiro atoms. The van der Waals surface area contributed by atoms with Gasteiger partial charge in [0.15, 0.2) is 0 Å². The van der Waals surface area contributed by atoms with Crippen LogP contribution in [0.4, 0.5) is 4.39 Å². The summed E-state index contributed by atoms with van der Waals surface area (Å²) in [5.41, 5.74) is 3.11. The quantitative estimate of drug-likeness (QED) is 0.349. The minimum Gasteiger partial charge on any atom is -0.481 e. The van der Waals surface area contributed by atoms with Crippen molar-refractivity contribution in [3.63, 3.8) is 0 Å². The lowest BCUT2D eigenvalue weighted by Gasteiger charge is -2.19. The summed E-state index contributed by atoms with van der Waals surface area (Å²) in [4.78, 5) is 24.1. The molecule has 34 heavy (non-hydrogen) atoms. The Morgan fingerprint density at radius 1 is 0.971 bits per heavy atom. The van der Waals surface area contributed by atoms with E-state index < -0.39 is 30.4 Å². The molecule has 2 atom stereocenters. The van der Waals surface area contributed by atoms with Crippen LogP contribution in [0, 0.1) is 5.82 Å². The molecule has 2 heterocycles. The van der Waals surface area contributed by atoms with Crippen LogP contribution in [0.5, 0.6) is 0 Å². The summed E-state index contributed by atoms with van der Waals surface area (Å²) in [5.74, 6) is -0.996. The smallest absolute Gasteiger partial charge is 0.305 e. The molecule has 0 radical (unpaired) electrons. The molecule has 2 aromatic heterocycles. The van der Waals surface area contributed by atoms with Crippen LogP contribution in [-0.4, -0.2) is 53.0 Å². The lowest BCUT2D eigenvalue weighted by molar-refractivity contribution is -0.139. The molecule has 2 unspecified atom stereocenters. The number of benzene rings is 2. The summed E-state index contributed by atoms with van der Waals surface area (Å²) in [6.45, 7) is 0.0195. The fourth-order valence-electron chi connectivity index (χ4n) is 3.83. The van der Waals surface area contributed by atoms with Crippen molar-refractivity contribution < 1.29 is 24.5 Å². The number of imidazole rings is 1. The molecular formula is C25H23FN4O4. The van der Waals surface area contributed by atoms with Gasteiger partial charge in [0.25, 0.3) is 0 Å². The second kappa shape index (κ2) is 10.3. The Bertz CT molecular complexity index is 1250. The van der Waals surface area contributed by atoms with E-state index in [2.05, 4.69) is 9.97 Å². The second-order valence-electron chi connectivity index (χ2n) is 7.85. The van der Waals surface area contributed by atoms with Crippen molar-refractivity contribution in [1.82, 2.24) is 19.5 Å². The molecule has 0 saturated heterocycles. The Kier molecular flexibility index (Phi) is 7.05. The van der Waals surface area contributed by atoms with Gasteiger partial charge in [0.1, 0.15) is 23.7 Å². The maximum atomic E-state index is 13.7. The molecular weight excluding hydrogens is 439 g/mol. The van der Waals surface area contributed by atoms with Crippen LogP contribution in [0.25, 0.3) is 34.0 Å². The number of carboxylic acid groups (broad SMARTS) is 1. The number of aromatic nitrogens is 4. The van der Waals surface area contributed by atoms with Gasteiger partial charge in [-0.15, -0.1) is 0 Å². The SMILES string of the molecule is O=C(O)CC(O)CC(O)Cn1c(-c2ccccc2)nc(-c2ccncn2)c1-c1ccc(F)cc1. The lowest BCUT2D eigenvalue weighted by Crippen LogP contribution is -2.25. The van der Waals surface area contributed by atoms with Gasteiger partial charge in [-0.2, -0.15) is 0 Å². The van der Waals surface area contributed by atoms with Gasteiger partial charge in [-0.3, -0.25) is 4.79 Å². The average Bonchev–Trinajstić information content (AvgIpc) is 3.19. The van der Waals surface area contributed by atoms with Crippen molar-refractivity contribution in [2.24, 2.45) is 0 Å². The summed E-state index contributed by atoms with van der Waals surface area (Å²) < 4.78 is 15.5. The maximum absolute atomic E-state index is 13.7. The number of rotatable bonds is 9. The predicted octanol–water partition coefficient (Wildman–Crippen LogP) is 3.40. The van der Waals surface area contributed by atoms with Crippen LogP contribution in [0.2, 0.25) is 0 Å². The Labute approximate surface area is 195 Å². The number of carboxylic acids is 1. The van der Waals surface area contributed by atoms with Gasteiger partial charge in [0.05, 0.1) is 36.6 Å². The van der Waals surface area contributed by atoms with E-state index >= 15 is 0 Å². The Hall–Kier alpha value is -3.95. The van der Waals surface area contributed by atoms with E-state index in [1.54, 1.807) is 29.0 Å². The molecule has 4 aromatic rings. The summed E-state index contributed by atoms with van der Waals surface area (Å²) >= 11 is 0. The number of hydrogen-bond donors (Lipinski definition) is 3. The largest absolute Gasteiger partial charge is 0.481 e. The van der Waals surface area contributed by atoms with E-state index in [1.165, 1.54) is 18.5 Å². The van der Waals surface area contributed by atoms with Crippen LogP contribution in [-0.2, 0) is 11.3 Å². The Balaban J connectivity index is 1.86. The van der Waals surface area contributed by atoms with Crippen LogP contribution in [0.15, 0.2) is 73.2 Å². The zero-order valence-corrected chi connectivity index (χ0v) is 18.1. The molecule has 8 nitrogen and oxygen atoms in total. The zero-order valence-electron chi connectivity index (χ0n) is 18.1. The number of hydrogen-bond acceptors (Lipinski definition) is 6. The van der Waals surface area contributed by atoms with Crippen molar-refractivity contribution in [3.8, 4) is 34.0 Å². The van der Waals surface area contributed by atoms with Gasteiger partial charge in [0.2, 0.25) is 0 Å². The third kappa shape index (κ3) is 5.33. The first kappa shape index (κ1) is 23.2. The summed E-state index contributed by atoms with van der Waals surface area (Å²) in [6.07, 6.45) is 0.126. The molecule has 3 N–H and O–H groups in total. The highest BCUT2D eigenvalue weighted by Gasteiger charge is 2.25. The van der Waals surface area contributed by atoms with E-state index in [0.717, 1.165) is 5.56 Å². The first-order valence-corrected chi connectivity index (χ1v) is 10.7. The molecule has 0 aliphatic heterocycles. The summed E-state index contributed by atoms with van der Waals surface area (Å²) in [5, 5.41) is 29.7. The molecule has 0 saturated carbocycles. The van der Waals surface area contributed by atoms with Crippen LogP contribution < -0.4 is 0 Å². The van der Waals surface area contributed by atoms with Gasteiger partial charge in [0, 0.05) is 23.7 Å². The molecule has 4 rings (SSSR count). The van der Waals surface area contributed by atoms with E-state index in [-0.39, 0.29) is 13.0 Å². The molecule has 9 heteroatoms.